The van der Waals surface area contributed by atoms with Crippen LogP contribution < -0.4 is 20.9 Å². The summed E-state index contributed by atoms with van der Waals surface area (Å²) in [5.41, 5.74) is 19.4. The first-order valence-corrected chi connectivity index (χ1v) is 21.3. The molecule has 0 saturated heterocycles. The summed E-state index contributed by atoms with van der Waals surface area (Å²) in [6.07, 6.45) is 15.8. The highest BCUT2D eigenvalue weighted by Crippen LogP contribution is 2.52. The third-order valence-corrected chi connectivity index (χ3v) is 13.8. The largest absolute Gasteiger partial charge is 0.481 e. The van der Waals surface area contributed by atoms with Gasteiger partial charge < -0.3 is 20.9 Å². The van der Waals surface area contributed by atoms with E-state index >= 15 is 8.78 Å². The minimum Gasteiger partial charge on any atom is -0.481 e. The average Bonchev–Trinajstić information content (AvgIpc) is 3.28. The molecule has 4 atom stereocenters. The lowest BCUT2D eigenvalue weighted by Gasteiger charge is -2.45. The zero-order valence-electron chi connectivity index (χ0n) is 32.8. The van der Waals surface area contributed by atoms with Crippen LogP contribution in [-0.2, 0) is 36.8 Å². The van der Waals surface area contributed by atoms with E-state index in [1.165, 1.54) is 59.4 Å². The van der Waals surface area contributed by atoms with Gasteiger partial charge in [-0.05, 0) is 71.5 Å². The van der Waals surface area contributed by atoms with Gasteiger partial charge in [-0.25, -0.2) is 38.7 Å². The summed E-state index contributed by atoms with van der Waals surface area (Å²) in [5.74, 6) is 2.29. The average molecular weight is 843 g/mol. The lowest BCUT2D eigenvalue weighted by atomic mass is 9.67. The third-order valence-electron chi connectivity index (χ3n) is 11.9. The molecular weight excluding hydrogens is 803 g/mol. The quantitative estimate of drug-likeness (QED) is 0.182. The minimum absolute atomic E-state index is 0.103. The van der Waals surface area contributed by atoms with Crippen molar-refractivity contribution in [3.05, 3.63) is 143 Å². The first-order valence-electron chi connectivity index (χ1n) is 19.3. The number of hydrogen-bond donors (Lipinski definition) is 2. The molecule has 6 aromatic rings. The van der Waals surface area contributed by atoms with E-state index in [1.807, 2.05) is 24.3 Å². The molecule has 10 rings (SSSR count). The molecule has 6 heterocycles. The number of aromatic nitrogens is 6. The lowest BCUT2D eigenvalue weighted by molar-refractivity contribution is 0.262. The number of amidine groups is 2. The summed E-state index contributed by atoms with van der Waals surface area (Å²) in [7, 11) is 3.21. The Morgan fingerprint density at radius 3 is 1.42 bits per heavy atom. The second-order valence-corrected chi connectivity index (χ2v) is 17.2. The summed E-state index contributed by atoms with van der Waals surface area (Å²) in [5, 5.41) is 0.954. The molecule has 4 aromatic heterocycles. The van der Waals surface area contributed by atoms with Crippen molar-refractivity contribution in [3.8, 4) is 34.0 Å². The van der Waals surface area contributed by atoms with E-state index in [0.29, 0.717) is 46.1 Å². The third kappa shape index (κ3) is 7.10. The van der Waals surface area contributed by atoms with Crippen molar-refractivity contribution in [1.29, 1.82) is 0 Å². The summed E-state index contributed by atoms with van der Waals surface area (Å²) >= 11 is 3.05. The van der Waals surface area contributed by atoms with Crippen LogP contribution in [0.15, 0.2) is 108 Å². The molecule has 0 bridgehead atoms. The number of nitrogens with two attached hydrogens (primary N) is 2. The van der Waals surface area contributed by atoms with Gasteiger partial charge in [0.25, 0.3) is 0 Å². The van der Waals surface area contributed by atoms with Crippen LogP contribution in [0.1, 0.15) is 33.4 Å². The zero-order valence-corrected chi connectivity index (χ0v) is 34.4. The number of hydrogen-bond acceptors (Lipinski definition) is 14. The molecule has 2 aliphatic carbocycles. The van der Waals surface area contributed by atoms with Crippen molar-refractivity contribution < 1.29 is 18.3 Å². The maximum atomic E-state index is 15.3. The Labute approximate surface area is 353 Å². The van der Waals surface area contributed by atoms with E-state index in [1.54, 1.807) is 63.5 Å². The van der Waals surface area contributed by atoms with Gasteiger partial charge in [0.05, 0.1) is 25.3 Å². The van der Waals surface area contributed by atoms with Crippen molar-refractivity contribution in [3.63, 3.8) is 0 Å². The molecule has 0 fully saturated rings. The number of ether oxygens (including phenoxy) is 2. The second kappa shape index (κ2) is 16.2. The Balaban J connectivity index is 0.000000154. The van der Waals surface area contributed by atoms with E-state index in [2.05, 4.69) is 29.9 Å². The van der Waals surface area contributed by atoms with E-state index in [9.17, 15) is 0 Å². The number of rotatable bonds is 6. The van der Waals surface area contributed by atoms with Crippen LogP contribution in [0.4, 0.5) is 8.78 Å². The molecule has 2 aromatic carbocycles. The number of halogens is 2. The smallest absolute Gasteiger partial charge is 0.216 e. The minimum atomic E-state index is -0.811. The van der Waals surface area contributed by atoms with E-state index in [-0.39, 0.29) is 23.5 Å². The van der Waals surface area contributed by atoms with Crippen LogP contribution in [0.5, 0.6) is 11.8 Å². The van der Waals surface area contributed by atoms with Gasteiger partial charge >= 0.3 is 0 Å². The summed E-state index contributed by atoms with van der Waals surface area (Å²) in [4.78, 5) is 34.8. The summed E-state index contributed by atoms with van der Waals surface area (Å²) in [6.45, 7) is 0. The molecule has 304 valence electrons. The van der Waals surface area contributed by atoms with E-state index in [0.717, 1.165) is 57.7 Å². The maximum Gasteiger partial charge on any atom is 0.216 e. The van der Waals surface area contributed by atoms with Crippen molar-refractivity contribution in [2.24, 2.45) is 33.3 Å². The van der Waals surface area contributed by atoms with E-state index in [4.69, 9.17) is 30.9 Å². The predicted octanol–water partition coefficient (Wildman–Crippen LogP) is 6.72. The van der Waals surface area contributed by atoms with Crippen LogP contribution in [0.2, 0.25) is 0 Å². The van der Waals surface area contributed by atoms with Gasteiger partial charge in [0.15, 0.2) is 10.3 Å². The van der Waals surface area contributed by atoms with Crippen LogP contribution >= 0.6 is 23.5 Å². The molecule has 60 heavy (non-hydrogen) atoms. The van der Waals surface area contributed by atoms with Crippen LogP contribution in [0, 0.1) is 23.5 Å². The fourth-order valence-corrected chi connectivity index (χ4v) is 11.0. The Morgan fingerprint density at radius 1 is 0.600 bits per heavy atom. The molecule has 4 aliphatic rings. The first-order chi connectivity index (χ1) is 29.2. The first kappa shape index (κ1) is 39.5. The van der Waals surface area contributed by atoms with Crippen molar-refractivity contribution in [1.82, 2.24) is 29.9 Å². The number of pyridine rings is 2. The number of methoxy groups -OCH3 is 2. The standard InChI is InChI=1S/2C22H20FN5OS/c2*1-29-20-17-8-22(16(11-30-21(24)28-22)6-14(17)4-5-27-20)18-7-13(2-3-19(18)23)15-9-25-12-26-10-15/h2*2-5,7,9-10,12,16H,6,8,11H2,1H3,(H2,24,28)/t2*16-,22-/m10/s1. The molecule has 4 N–H and O–H groups in total. The number of nitrogens with zero attached hydrogens (tertiary/aromatic N) is 8. The van der Waals surface area contributed by atoms with Gasteiger partial charge in [-0.1, -0.05) is 35.7 Å². The van der Waals surface area contributed by atoms with Crippen molar-refractivity contribution in [2.75, 3.05) is 25.7 Å². The highest BCUT2D eigenvalue weighted by Gasteiger charge is 2.50. The summed E-state index contributed by atoms with van der Waals surface area (Å²) < 4.78 is 41.7. The molecule has 16 heteroatoms. The topological polar surface area (TPSA) is 173 Å². The van der Waals surface area contributed by atoms with Crippen LogP contribution in [0.25, 0.3) is 22.3 Å². The van der Waals surface area contributed by atoms with Crippen molar-refractivity contribution in [2.45, 2.75) is 36.8 Å². The SMILES string of the molecule is COc1nccc2c1C[C@@]1(c3cc(-c4cncnc4)ccc3F)N=C(N)SC[C@H]1C2.COc1nccc2c1C[C@]1(c3cc(-c4cncnc4)ccc3F)N=C(N)SC[C@@H]1C2. The van der Waals surface area contributed by atoms with Gasteiger partial charge in [-0.3, -0.25) is 9.98 Å². The Bertz CT molecular complexity index is 2460. The monoisotopic (exact) mass is 842 g/mol. The van der Waals surface area contributed by atoms with E-state index < -0.39 is 11.1 Å². The second-order valence-electron chi connectivity index (χ2n) is 15.1. The Hall–Kier alpha value is -6.00. The molecule has 12 nitrogen and oxygen atoms in total. The number of thioether (sulfide) groups is 2. The van der Waals surface area contributed by atoms with Gasteiger partial charge in [0.2, 0.25) is 11.8 Å². The number of benzene rings is 2. The molecular formula is C44H40F2N10O2S2. The van der Waals surface area contributed by atoms with Crippen molar-refractivity contribution >= 4 is 33.9 Å². The highest BCUT2D eigenvalue weighted by atomic mass is 32.2. The number of fused-ring (bicyclic) bond motifs is 4. The Kier molecular flexibility index (Phi) is 10.7. The zero-order chi connectivity index (χ0) is 41.4. The summed E-state index contributed by atoms with van der Waals surface area (Å²) in [6, 6.07) is 14.2. The van der Waals surface area contributed by atoms with Crippen LogP contribution in [-0.4, -0.2) is 66.0 Å². The van der Waals surface area contributed by atoms with Gasteiger partial charge in [-0.15, -0.1) is 0 Å². The molecule has 0 spiro atoms. The molecule has 0 unspecified atom stereocenters. The molecule has 2 aliphatic heterocycles. The molecule has 0 saturated carbocycles. The van der Waals surface area contributed by atoms with Gasteiger partial charge in [0, 0.05) is 107 Å². The molecule has 0 amide bonds. The fraction of sp³-hybridized carbons (Fsp3) is 0.273. The van der Waals surface area contributed by atoms with Gasteiger partial charge in [0.1, 0.15) is 24.3 Å². The Morgan fingerprint density at radius 2 is 1.02 bits per heavy atom. The van der Waals surface area contributed by atoms with Gasteiger partial charge in [-0.2, -0.15) is 0 Å². The normalized spacial score (nSPS) is 22.6. The fourth-order valence-electron chi connectivity index (χ4n) is 9.04. The lowest BCUT2D eigenvalue weighted by Crippen LogP contribution is -2.46. The molecule has 0 radical (unpaired) electrons. The maximum absolute atomic E-state index is 15.3. The van der Waals surface area contributed by atoms with Crippen LogP contribution in [0.3, 0.4) is 0 Å². The predicted molar refractivity (Wildman–Crippen MR) is 230 cm³/mol. The highest BCUT2D eigenvalue weighted by molar-refractivity contribution is 8.14. The number of aliphatic imine (C=N–C) groups is 2.